The smallest absolute Gasteiger partial charge is 0.0309 e. The molecule has 0 aromatic rings. The maximum absolute atomic E-state index is 3.79. The van der Waals surface area contributed by atoms with Gasteiger partial charge in [0.15, 0.2) is 0 Å². The van der Waals surface area contributed by atoms with Gasteiger partial charge in [-0.3, -0.25) is 5.43 Å². The largest absolute Gasteiger partial charge is 0.255 e. The minimum Gasteiger partial charge on any atom is -0.255 e. The highest BCUT2D eigenvalue weighted by molar-refractivity contribution is 4.71. The Balaban J connectivity index is 3.48. The van der Waals surface area contributed by atoms with Gasteiger partial charge in [0.25, 0.3) is 0 Å². The first-order valence-electron chi connectivity index (χ1n) is 6.44. The van der Waals surface area contributed by atoms with E-state index in [0.717, 1.165) is 19.6 Å². The average molecular weight is 212 g/mol. The first kappa shape index (κ1) is 14.7. The molecule has 0 aliphatic heterocycles. The number of hydrogen-bond acceptors (Lipinski definition) is 2. The SMILES string of the molecule is C=CCN(CCCCC)NCCCCC. The van der Waals surface area contributed by atoms with Gasteiger partial charge in [0.2, 0.25) is 0 Å². The molecule has 0 saturated carbocycles. The summed E-state index contributed by atoms with van der Waals surface area (Å²) in [6.45, 7) is 11.5. The van der Waals surface area contributed by atoms with Crippen LogP contribution in [0.1, 0.15) is 52.4 Å². The predicted molar refractivity (Wildman–Crippen MR) is 68.8 cm³/mol. The summed E-state index contributed by atoms with van der Waals surface area (Å²) in [4.78, 5) is 0. The van der Waals surface area contributed by atoms with Crippen molar-refractivity contribution < 1.29 is 0 Å². The molecule has 0 saturated heterocycles. The molecular weight excluding hydrogens is 184 g/mol. The summed E-state index contributed by atoms with van der Waals surface area (Å²) in [5.41, 5.74) is 3.48. The van der Waals surface area contributed by atoms with Gasteiger partial charge in [-0.25, -0.2) is 5.01 Å². The normalized spacial score (nSPS) is 10.9. The summed E-state index contributed by atoms with van der Waals surface area (Å²) in [5, 5.41) is 2.29. The third-order valence-electron chi connectivity index (χ3n) is 2.50. The molecule has 2 heteroatoms. The van der Waals surface area contributed by atoms with E-state index in [1.54, 1.807) is 0 Å². The Morgan fingerprint density at radius 1 is 1.07 bits per heavy atom. The van der Waals surface area contributed by atoms with Crippen molar-refractivity contribution in [1.29, 1.82) is 0 Å². The number of nitrogens with one attached hydrogen (secondary N) is 1. The third-order valence-corrected chi connectivity index (χ3v) is 2.50. The highest BCUT2D eigenvalue weighted by Gasteiger charge is 2.00. The van der Waals surface area contributed by atoms with E-state index in [4.69, 9.17) is 0 Å². The molecule has 0 aromatic carbocycles. The van der Waals surface area contributed by atoms with Gasteiger partial charge in [-0.1, -0.05) is 45.6 Å². The van der Waals surface area contributed by atoms with Crippen LogP contribution in [-0.2, 0) is 0 Å². The molecule has 90 valence electrons. The molecule has 0 atom stereocenters. The standard InChI is InChI=1S/C13H28N2/c1-4-7-9-11-14-15(12-6-3)13-10-8-5-2/h6,14H,3-5,7-13H2,1-2H3. The maximum atomic E-state index is 3.79. The molecule has 0 bridgehead atoms. The van der Waals surface area contributed by atoms with Crippen LogP contribution in [0.4, 0.5) is 0 Å². The number of unbranched alkanes of at least 4 members (excludes halogenated alkanes) is 4. The number of rotatable bonds is 11. The fraction of sp³-hybridized carbons (Fsp3) is 0.846. The van der Waals surface area contributed by atoms with E-state index in [1.165, 1.54) is 38.5 Å². The van der Waals surface area contributed by atoms with Crippen LogP contribution in [0.5, 0.6) is 0 Å². The summed E-state index contributed by atoms with van der Waals surface area (Å²) in [5.74, 6) is 0. The third kappa shape index (κ3) is 9.95. The van der Waals surface area contributed by atoms with Crippen molar-refractivity contribution in [3.05, 3.63) is 12.7 Å². The summed E-state index contributed by atoms with van der Waals surface area (Å²) < 4.78 is 0. The van der Waals surface area contributed by atoms with E-state index >= 15 is 0 Å². The van der Waals surface area contributed by atoms with Crippen LogP contribution in [0.25, 0.3) is 0 Å². The number of hydrazine groups is 1. The summed E-state index contributed by atoms with van der Waals surface area (Å²) in [6, 6.07) is 0. The van der Waals surface area contributed by atoms with E-state index < -0.39 is 0 Å². The summed E-state index contributed by atoms with van der Waals surface area (Å²) in [7, 11) is 0. The van der Waals surface area contributed by atoms with Gasteiger partial charge in [-0.05, 0) is 12.8 Å². The highest BCUT2D eigenvalue weighted by Crippen LogP contribution is 1.97. The van der Waals surface area contributed by atoms with Crippen molar-refractivity contribution in [3.63, 3.8) is 0 Å². The quantitative estimate of drug-likeness (QED) is 0.321. The molecule has 2 nitrogen and oxygen atoms in total. The minimum absolute atomic E-state index is 0.954. The summed E-state index contributed by atoms with van der Waals surface area (Å²) in [6.07, 6.45) is 9.76. The molecule has 0 aliphatic rings. The van der Waals surface area contributed by atoms with Crippen LogP contribution in [0.15, 0.2) is 12.7 Å². The van der Waals surface area contributed by atoms with Crippen molar-refractivity contribution in [2.75, 3.05) is 19.6 Å². The Bertz CT molecular complexity index is 134. The Morgan fingerprint density at radius 3 is 2.33 bits per heavy atom. The zero-order valence-corrected chi connectivity index (χ0v) is 10.6. The van der Waals surface area contributed by atoms with Gasteiger partial charge in [0.1, 0.15) is 0 Å². The number of hydrogen-bond donors (Lipinski definition) is 1. The predicted octanol–water partition coefficient (Wildman–Crippen LogP) is 3.36. The Hall–Kier alpha value is -0.340. The molecule has 0 aliphatic carbocycles. The van der Waals surface area contributed by atoms with Crippen molar-refractivity contribution in [3.8, 4) is 0 Å². The minimum atomic E-state index is 0.954. The Morgan fingerprint density at radius 2 is 1.73 bits per heavy atom. The van der Waals surface area contributed by atoms with E-state index in [-0.39, 0.29) is 0 Å². The van der Waals surface area contributed by atoms with Gasteiger partial charge < -0.3 is 0 Å². The molecule has 0 aromatic heterocycles. The van der Waals surface area contributed by atoms with Crippen molar-refractivity contribution in [2.45, 2.75) is 52.4 Å². The zero-order chi connectivity index (χ0) is 11.4. The van der Waals surface area contributed by atoms with Crippen LogP contribution < -0.4 is 5.43 Å². The van der Waals surface area contributed by atoms with Crippen LogP contribution in [0.2, 0.25) is 0 Å². The molecule has 0 radical (unpaired) electrons. The molecule has 0 fully saturated rings. The lowest BCUT2D eigenvalue weighted by molar-refractivity contribution is 0.203. The van der Waals surface area contributed by atoms with Crippen molar-refractivity contribution >= 4 is 0 Å². The molecule has 15 heavy (non-hydrogen) atoms. The topological polar surface area (TPSA) is 15.3 Å². The second-order valence-electron chi connectivity index (χ2n) is 4.06. The first-order valence-corrected chi connectivity index (χ1v) is 6.44. The molecule has 0 rings (SSSR count). The highest BCUT2D eigenvalue weighted by atomic mass is 15.5. The fourth-order valence-corrected chi connectivity index (χ4v) is 1.56. The lowest BCUT2D eigenvalue weighted by atomic mass is 10.2. The van der Waals surface area contributed by atoms with Gasteiger partial charge in [0.05, 0.1) is 0 Å². The van der Waals surface area contributed by atoms with Gasteiger partial charge >= 0.3 is 0 Å². The molecule has 1 N–H and O–H groups in total. The van der Waals surface area contributed by atoms with Crippen LogP contribution in [0, 0.1) is 0 Å². The van der Waals surface area contributed by atoms with Gasteiger partial charge in [-0.15, -0.1) is 6.58 Å². The van der Waals surface area contributed by atoms with Crippen LogP contribution in [0.3, 0.4) is 0 Å². The lowest BCUT2D eigenvalue weighted by Crippen LogP contribution is -2.39. The molecule has 0 heterocycles. The number of nitrogens with zero attached hydrogens (tertiary/aromatic N) is 1. The monoisotopic (exact) mass is 212 g/mol. The zero-order valence-electron chi connectivity index (χ0n) is 10.6. The second kappa shape index (κ2) is 11.7. The van der Waals surface area contributed by atoms with E-state index in [1.807, 2.05) is 6.08 Å². The van der Waals surface area contributed by atoms with Crippen molar-refractivity contribution in [2.24, 2.45) is 0 Å². The average Bonchev–Trinajstić information content (AvgIpc) is 2.24. The molecule has 0 unspecified atom stereocenters. The Kier molecular flexibility index (Phi) is 11.5. The van der Waals surface area contributed by atoms with E-state index in [2.05, 4.69) is 30.9 Å². The van der Waals surface area contributed by atoms with Gasteiger partial charge in [-0.2, -0.15) is 0 Å². The molecule has 0 amide bonds. The summed E-state index contributed by atoms with van der Waals surface area (Å²) >= 11 is 0. The Labute approximate surface area is 95.7 Å². The molecular formula is C13H28N2. The maximum Gasteiger partial charge on any atom is 0.0309 e. The van der Waals surface area contributed by atoms with E-state index in [0.29, 0.717) is 0 Å². The second-order valence-corrected chi connectivity index (χ2v) is 4.06. The first-order chi connectivity index (χ1) is 7.35. The van der Waals surface area contributed by atoms with E-state index in [9.17, 15) is 0 Å². The van der Waals surface area contributed by atoms with Gasteiger partial charge in [0, 0.05) is 19.6 Å². The van der Waals surface area contributed by atoms with Crippen LogP contribution >= 0.6 is 0 Å². The van der Waals surface area contributed by atoms with Crippen LogP contribution in [-0.4, -0.2) is 24.6 Å². The molecule has 0 spiro atoms. The fourth-order valence-electron chi connectivity index (χ4n) is 1.56. The van der Waals surface area contributed by atoms with Crippen molar-refractivity contribution in [1.82, 2.24) is 10.4 Å². The lowest BCUT2D eigenvalue weighted by Gasteiger charge is -2.21.